The van der Waals surface area contributed by atoms with E-state index in [-0.39, 0.29) is 18.9 Å². The van der Waals surface area contributed by atoms with Crippen molar-refractivity contribution in [2.24, 2.45) is 0 Å². The van der Waals surface area contributed by atoms with Gasteiger partial charge >= 0.3 is 0 Å². The van der Waals surface area contributed by atoms with Crippen molar-refractivity contribution in [2.45, 2.75) is 51.0 Å². The summed E-state index contributed by atoms with van der Waals surface area (Å²) in [6, 6.07) is 0.363. The molecule has 0 heterocycles. The Bertz CT molecular complexity index is 151. The van der Waals surface area contributed by atoms with E-state index >= 15 is 0 Å². The third-order valence-corrected chi connectivity index (χ3v) is 2.56. The summed E-state index contributed by atoms with van der Waals surface area (Å²) in [5.74, 6) is -0.00519. The zero-order chi connectivity index (χ0) is 9.52. The summed E-state index contributed by atoms with van der Waals surface area (Å²) >= 11 is 0. The summed E-state index contributed by atoms with van der Waals surface area (Å²) < 4.78 is 0. The molecule has 0 aromatic heterocycles. The predicted molar refractivity (Wildman–Crippen MR) is 51.3 cm³/mol. The number of nitrogens with one attached hydrogen (secondary N) is 1. The third kappa shape index (κ3) is 4.27. The quantitative estimate of drug-likeness (QED) is 0.649. The number of aliphatic hydroxyl groups excluding tert-OH is 1. The van der Waals surface area contributed by atoms with Gasteiger partial charge in [-0.2, -0.15) is 0 Å². The van der Waals surface area contributed by atoms with E-state index in [1.807, 2.05) is 0 Å². The van der Waals surface area contributed by atoms with Gasteiger partial charge in [0.25, 0.3) is 0 Å². The Morgan fingerprint density at radius 3 is 2.38 bits per heavy atom. The number of amides is 1. The van der Waals surface area contributed by atoms with E-state index in [4.69, 9.17) is 5.11 Å². The Labute approximate surface area is 79.5 Å². The van der Waals surface area contributed by atoms with Crippen LogP contribution >= 0.6 is 0 Å². The Morgan fingerprint density at radius 1 is 1.23 bits per heavy atom. The molecule has 1 rings (SSSR count). The molecule has 76 valence electrons. The summed E-state index contributed by atoms with van der Waals surface area (Å²) in [4.78, 5) is 11.2. The highest BCUT2D eigenvalue weighted by Gasteiger charge is 2.13. The smallest absolute Gasteiger partial charge is 0.222 e. The molecule has 1 saturated carbocycles. The standard InChI is InChI=1S/C10H19NO2/c12-8-7-10(13)11-9-5-3-1-2-4-6-9/h9,12H,1-8H2,(H,11,13). The van der Waals surface area contributed by atoms with Gasteiger partial charge < -0.3 is 10.4 Å². The average Bonchev–Trinajstić information content (AvgIpc) is 2.33. The van der Waals surface area contributed by atoms with Crippen molar-refractivity contribution in [2.75, 3.05) is 6.61 Å². The molecule has 0 aromatic carbocycles. The lowest BCUT2D eigenvalue weighted by Gasteiger charge is -2.15. The second-order valence-corrected chi connectivity index (χ2v) is 3.73. The molecule has 0 aliphatic heterocycles. The predicted octanol–water partition coefficient (Wildman–Crippen LogP) is 1.21. The van der Waals surface area contributed by atoms with E-state index in [0.717, 1.165) is 12.8 Å². The van der Waals surface area contributed by atoms with Crippen molar-refractivity contribution >= 4 is 5.91 Å². The number of hydrogen-bond acceptors (Lipinski definition) is 2. The molecule has 0 bridgehead atoms. The minimum atomic E-state index is -0.0431. The highest BCUT2D eigenvalue weighted by Crippen LogP contribution is 2.17. The van der Waals surface area contributed by atoms with E-state index < -0.39 is 0 Å². The Hall–Kier alpha value is -0.570. The summed E-state index contributed by atoms with van der Waals surface area (Å²) in [6.45, 7) is -0.0431. The van der Waals surface area contributed by atoms with E-state index in [9.17, 15) is 4.79 Å². The molecule has 1 amide bonds. The van der Waals surface area contributed by atoms with Crippen molar-refractivity contribution in [1.29, 1.82) is 0 Å². The van der Waals surface area contributed by atoms with Crippen molar-refractivity contribution in [3.8, 4) is 0 Å². The van der Waals surface area contributed by atoms with Crippen molar-refractivity contribution in [3.63, 3.8) is 0 Å². The fourth-order valence-corrected chi connectivity index (χ4v) is 1.83. The summed E-state index contributed by atoms with van der Waals surface area (Å²) in [5, 5.41) is 11.5. The first-order chi connectivity index (χ1) is 6.33. The molecule has 0 spiro atoms. The van der Waals surface area contributed by atoms with Gasteiger partial charge in [-0.3, -0.25) is 4.79 Å². The minimum absolute atomic E-state index is 0.00519. The van der Waals surface area contributed by atoms with E-state index in [0.29, 0.717) is 6.04 Å². The Kier molecular flexibility index (Phi) is 4.83. The van der Waals surface area contributed by atoms with Crippen LogP contribution in [-0.2, 0) is 4.79 Å². The Balaban J connectivity index is 2.21. The zero-order valence-electron chi connectivity index (χ0n) is 8.09. The van der Waals surface area contributed by atoms with Crippen LogP contribution in [0.3, 0.4) is 0 Å². The average molecular weight is 185 g/mol. The largest absolute Gasteiger partial charge is 0.396 e. The molecular weight excluding hydrogens is 166 g/mol. The summed E-state index contributed by atoms with van der Waals surface area (Å²) in [6.07, 6.45) is 7.51. The number of carbonyl (C=O) groups is 1. The molecular formula is C10H19NO2. The van der Waals surface area contributed by atoms with Crippen LogP contribution in [0.2, 0.25) is 0 Å². The van der Waals surface area contributed by atoms with Crippen LogP contribution in [0.15, 0.2) is 0 Å². The molecule has 13 heavy (non-hydrogen) atoms. The van der Waals surface area contributed by atoms with Gasteiger partial charge in [-0.1, -0.05) is 25.7 Å². The van der Waals surface area contributed by atoms with Crippen LogP contribution in [-0.4, -0.2) is 23.7 Å². The molecule has 1 aliphatic carbocycles. The maximum absolute atomic E-state index is 11.2. The monoisotopic (exact) mass is 185 g/mol. The SMILES string of the molecule is O=C(CCO)NC1CCCCCC1. The normalized spacial score (nSPS) is 19.5. The highest BCUT2D eigenvalue weighted by molar-refractivity contribution is 5.76. The van der Waals surface area contributed by atoms with E-state index in [2.05, 4.69) is 5.32 Å². The van der Waals surface area contributed by atoms with Crippen molar-refractivity contribution in [1.82, 2.24) is 5.32 Å². The van der Waals surface area contributed by atoms with Gasteiger partial charge in [-0.15, -0.1) is 0 Å². The molecule has 1 fully saturated rings. The second kappa shape index (κ2) is 5.97. The maximum Gasteiger partial charge on any atom is 0.222 e. The third-order valence-electron chi connectivity index (χ3n) is 2.56. The number of carbonyl (C=O) groups excluding carboxylic acids is 1. The first-order valence-corrected chi connectivity index (χ1v) is 5.23. The van der Waals surface area contributed by atoms with Gasteiger partial charge in [-0.25, -0.2) is 0 Å². The van der Waals surface area contributed by atoms with Crippen molar-refractivity contribution in [3.05, 3.63) is 0 Å². The van der Waals surface area contributed by atoms with E-state index in [1.54, 1.807) is 0 Å². The lowest BCUT2D eigenvalue weighted by molar-refractivity contribution is -0.122. The molecule has 0 saturated heterocycles. The number of aliphatic hydroxyl groups is 1. The fraction of sp³-hybridized carbons (Fsp3) is 0.900. The first-order valence-electron chi connectivity index (χ1n) is 5.23. The van der Waals surface area contributed by atoms with E-state index in [1.165, 1.54) is 25.7 Å². The van der Waals surface area contributed by atoms with Crippen LogP contribution in [0, 0.1) is 0 Å². The molecule has 2 N–H and O–H groups in total. The molecule has 1 aliphatic rings. The van der Waals surface area contributed by atoms with Gasteiger partial charge in [0.2, 0.25) is 5.91 Å². The van der Waals surface area contributed by atoms with Crippen LogP contribution in [0.1, 0.15) is 44.9 Å². The fourth-order valence-electron chi connectivity index (χ4n) is 1.83. The van der Waals surface area contributed by atoms with Gasteiger partial charge in [0.15, 0.2) is 0 Å². The number of rotatable bonds is 3. The molecule has 0 radical (unpaired) electrons. The van der Waals surface area contributed by atoms with Gasteiger partial charge in [-0.05, 0) is 12.8 Å². The Morgan fingerprint density at radius 2 is 1.85 bits per heavy atom. The molecule has 0 atom stereocenters. The van der Waals surface area contributed by atoms with Crippen LogP contribution in [0.25, 0.3) is 0 Å². The first kappa shape index (κ1) is 10.5. The van der Waals surface area contributed by atoms with Crippen LogP contribution < -0.4 is 5.32 Å². The van der Waals surface area contributed by atoms with Crippen molar-refractivity contribution < 1.29 is 9.90 Å². The lowest BCUT2D eigenvalue weighted by atomic mass is 10.1. The maximum atomic E-state index is 11.2. The van der Waals surface area contributed by atoms with Crippen LogP contribution in [0.5, 0.6) is 0 Å². The molecule has 0 unspecified atom stereocenters. The van der Waals surface area contributed by atoms with Gasteiger partial charge in [0, 0.05) is 12.5 Å². The lowest BCUT2D eigenvalue weighted by Crippen LogP contribution is -2.34. The zero-order valence-corrected chi connectivity index (χ0v) is 8.09. The minimum Gasteiger partial charge on any atom is -0.396 e. The topological polar surface area (TPSA) is 49.3 Å². The van der Waals surface area contributed by atoms with Gasteiger partial charge in [0.05, 0.1) is 6.61 Å². The summed E-state index contributed by atoms with van der Waals surface area (Å²) in [7, 11) is 0. The molecule has 3 heteroatoms. The molecule has 0 aromatic rings. The number of hydrogen-bond donors (Lipinski definition) is 2. The molecule has 3 nitrogen and oxygen atoms in total. The summed E-state index contributed by atoms with van der Waals surface area (Å²) in [5.41, 5.74) is 0. The highest BCUT2D eigenvalue weighted by atomic mass is 16.3. The van der Waals surface area contributed by atoms with Crippen LogP contribution in [0.4, 0.5) is 0 Å². The second-order valence-electron chi connectivity index (χ2n) is 3.73. The van der Waals surface area contributed by atoms with Gasteiger partial charge in [0.1, 0.15) is 0 Å².